The van der Waals surface area contributed by atoms with E-state index >= 15 is 0 Å². The van der Waals surface area contributed by atoms with Crippen LogP contribution in [0.5, 0.6) is 0 Å². The Morgan fingerprint density at radius 2 is 2.00 bits per heavy atom. The number of likely N-dealkylation sites (N-methyl/N-ethyl adjacent to an activating group) is 1. The first kappa shape index (κ1) is 17.3. The summed E-state index contributed by atoms with van der Waals surface area (Å²) < 4.78 is 0. The van der Waals surface area contributed by atoms with Gasteiger partial charge in [-0.1, -0.05) is 26.2 Å². The Balaban J connectivity index is 2.21. The Morgan fingerprint density at radius 1 is 1.30 bits per heavy atom. The smallest absolute Gasteiger partial charge is 0.191 e. The summed E-state index contributed by atoms with van der Waals surface area (Å²) in [6, 6.07) is 1.86. The SMILES string of the molecule is CCCCCC(C)NC(=NC)NCC(C)N(C)C1CC1. The molecule has 4 heteroatoms. The molecule has 118 valence electrons. The van der Waals surface area contributed by atoms with Gasteiger partial charge in [0.05, 0.1) is 0 Å². The highest BCUT2D eigenvalue weighted by molar-refractivity contribution is 5.79. The van der Waals surface area contributed by atoms with Gasteiger partial charge in [0, 0.05) is 31.7 Å². The fraction of sp³-hybridized carbons (Fsp3) is 0.938. The largest absolute Gasteiger partial charge is 0.355 e. The summed E-state index contributed by atoms with van der Waals surface area (Å²) in [4.78, 5) is 6.80. The molecular formula is C16H34N4. The normalized spacial score (nSPS) is 19.0. The van der Waals surface area contributed by atoms with Crippen molar-refractivity contribution in [2.75, 3.05) is 20.6 Å². The molecule has 0 aromatic heterocycles. The molecule has 1 rings (SSSR count). The number of nitrogens with one attached hydrogen (secondary N) is 2. The zero-order chi connectivity index (χ0) is 15.0. The summed E-state index contributed by atoms with van der Waals surface area (Å²) in [5.41, 5.74) is 0. The van der Waals surface area contributed by atoms with Gasteiger partial charge in [-0.25, -0.2) is 0 Å². The number of hydrogen-bond donors (Lipinski definition) is 2. The molecule has 0 spiro atoms. The number of hydrogen-bond acceptors (Lipinski definition) is 2. The second-order valence-electron chi connectivity index (χ2n) is 6.24. The third-order valence-corrected chi connectivity index (χ3v) is 4.23. The highest BCUT2D eigenvalue weighted by Gasteiger charge is 2.28. The molecule has 1 aliphatic carbocycles. The highest BCUT2D eigenvalue weighted by Crippen LogP contribution is 2.26. The van der Waals surface area contributed by atoms with Crippen molar-refractivity contribution >= 4 is 5.96 Å². The maximum absolute atomic E-state index is 4.32. The van der Waals surface area contributed by atoms with Gasteiger partial charge in [-0.05, 0) is 40.2 Å². The zero-order valence-corrected chi connectivity index (χ0v) is 14.1. The van der Waals surface area contributed by atoms with Crippen LogP contribution in [0.25, 0.3) is 0 Å². The van der Waals surface area contributed by atoms with Gasteiger partial charge in [0.2, 0.25) is 0 Å². The van der Waals surface area contributed by atoms with Crippen LogP contribution < -0.4 is 10.6 Å². The molecule has 2 N–H and O–H groups in total. The first-order valence-corrected chi connectivity index (χ1v) is 8.27. The van der Waals surface area contributed by atoms with Crippen molar-refractivity contribution < 1.29 is 0 Å². The van der Waals surface area contributed by atoms with E-state index in [9.17, 15) is 0 Å². The van der Waals surface area contributed by atoms with E-state index in [-0.39, 0.29) is 0 Å². The molecular weight excluding hydrogens is 248 g/mol. The molecule has 1 fully saturated rings. The Hall–Kier alpha value is -0.770. The summed E-state index contributed by atoms with van der Waals surface area (Å²) in [5.74, 6) is 0.935. The average Bonchev–Trinajstić information content (AvgIpc) is 3.27. The number of unbranched alkanes of at least 4 members (excludes halogenated alkanes) is 2. The summed E-state index contributed by atoms with van der Waals surface area (Å²) in [7, 11) is 4.08. The lowest BCUT2D eigenvalue weighted by atomic mass is 10.1. The van der Waals surface area contributed by atoms with Crippen molar-refractivity contribution in [2.24, 2.45) is 4.99 Å². The van der Waals surface area contributed by atoms with Gasteiger partial charge in [0.1, 0.15) is 0 Å². The lowest BCUT2D eigenvalue weighted by Crippen LogP contribution is -2.47. The lowest BCUT2D eigenvalue weighted by Gasteiger charge is -2.26. The number of aliphatic imine (C=N–C) groups is 1. The fourth-order valence-electron chi connectivity index (χ4n) is 2.43. The summed E-state index contributed by atoms with van der Waals surface area (Å²) >= 11 is 0. The summed E-state index contributed by atoms with van der Waals surface area (Å²) in [6.45, 7) is 7.72. The van der Waals surface area contributed by atoms with Crippen molar-refractivity contribution in [2.45, 2.75) is 77.4 Å². The minimum absolute atomic E-state index is 0.490. The quantitative estimate of drug-likeness (QED) is 0.388. The van der Waals surface area contributed by atoms with E-state index in [0.29, 0.717) is 12.1 Å². The molecule has 1 aliphatic rings. The van der Waals surface area contributed by atoms with E-state index in [1.54, 1.807) is 0 Å². The molecule has 0 radical (unpaired) electrons. The van der Waals surface area contributed by atoms with Crippen LogP contribution in [-0.2, 0) is 0 Å². The van der Waals surface area contributed by atoms with Crippen LogP contribution in [-0.4, -0.2) is 49.6 Å². The summed E-state index contributed by atoms with van der Waals surface area (Å²) in [5, 5.41) is 6.94. The van der Waals surface area contributed by atoms with E-state index in [1.165, 1.54) is 38.5 Å². The third-order valence-electron chi connectivity index (χ3n) is 4.23. The van der Waals surface area contributed by atoms with Crippen LogP contribution in [0, 0.1) is 0 Å². The molecule has 0 aliphatic heterocycles. The second-order valence-corrected chi connectivity index (χ2v) is 6.24. The lowest BCUT2D eigenvalue weighted by molar-refractivity contribution is 0.247. The zero-order valence-electron chi connectivity index (χ0n) is 14.1. The minimum atomic E-state index is 0.490. The van der Waals surface area contributed by atoms with Crippen LogP contribution in [0.4, 0.5) is 0 Å². The minimum Gasteiger partial charge on any atom is -0.355 e. The van der Waals surface area contributed by atoms with Gasteiger partial charge in [-0.15, -0.1) is 0 Å². The second kappa shape index (κ2) is 9.22. The van der Waals surface area contributed by atoms with E-state index in [4.69, 9.17) is 0 Å². The molecule has 0 aromatic rings. The van der Waals surface area contributed by atoms with Gasteiger partial charge in [0.25, 0.3) is 0 Å². The number of guanidine groups is 1. The molecule has 0 saturated heterocycles. The standard InChI is InChI=1S/C16H34N4/c1-6-7-8-9-13(2)19-16(17-4)18-12-14(3)20(5)15-10-11-15/h13-15H,6-12H2,1-5H3,(H2,17,18,19). The first-order chi connectivity index (χ1) is 9.58. The van der Waals surface area contributed by atoms with Gasteiger partial charge in [-0.3, -0.25) is 9.89 Å². The van der Waals surface area contributed by atoms with Crippen molar-refractivity contribution in [3.8, 4) is 0 Å². The number of nitrogens with zero attached hydrogens (tertiary/aromatic N) is 2. The van der Waals surface area contributed by atoms with Crippen LogP contribution in [0.15, 0.2) is 4.99 Å². The summed E-state index contributed by atoms with van der Waals surface area (Å²) in [6.07, 6.45) is 7.84. The topological polar surface area (TPSA) is 39.7 Å². The Morgan fingerprint density at radius 3 is 2.55 bits per heavy atom. The average molecular weight is 282 g/mol. The van der Waals surface area contributed by atoms with E-state index < -0.39 is 0 Å². The van der Waals surface area contributed by atoms with Crippen LogP contribution in [0.3, 0.4) is 0 Å². The molecule has 0 amide bonds. The highest BCUT2D eigenvalue weighted by atomic mass is 15.2. The molecule has 1 saturated carbocycles. The first-order valence-electron chi connectivity index (χ1n) is 8.27. The van der Waals surface area contributed by atoms with E-state index in [0.717, 1.165) is 18.5 Å². The maximum atomic E-state index is 4.32. The monoisotopic (exact) mass is 282 g/mol. The Labute approximate surface area is 125 Å². The number of rotatable bonds is 9. The Kier molecular flexibility index (Phi) is 7.97. The van der Waals surface area contributed by atoms with E-state index in [1.807, 2.05) is 7.05 Å². The van der Waals surface area contributed by atoms with Crippen molar-refractivity contribution in [3.05, 3.63) is 0 Å². The van der Waals surface area contributed by atoms with Gasteiger partial charge in [-0.2, -0.15) is 0 Å². The predicted octanol–water partition coefficient (Wildman–Crippen LogP) is 2.60. The predicted molar refractivity (Wildman–Crippen MR) is 88.3 cm³/mol. The van der Waals surface area contributed by atoms with Crippen molar-refractivity contribution in [1.29, 1.82) is 0 Å². The van der Waals surface area contributed by atoms with Gasteiger partial charge in [0.15, 0.2) is 5.96 Å². The molecule has 0 aromatic carbocycles. The molecule has 0 heterocycles. The molecule has 2 unspecified atom stereocenters. The van der Waals surface area contributed by atoms with Crippen LogP contribution in [0.1, 0.15) is 59.3 Å². The van der Waals surface area contributed by atoms with E-state index in [2.05, 4.69) is 48.3 Å². The van der Waals surface area contributed by atoms with Crippen molar-refractivity contribution in [3.63, 3.8) is 0 Å². The maximum Gasteiger partial charge on any atom is 0.191 e. The molecule has 2 atom stereocenters. The van der Waals surface area contributed by atoms with Gasteiger partial charge < -0.3 is 10.6 Å². The molecule has 0 bridgehead atoms. The van der Waals surface area contributed by atoms with Crippen molar-refractivity contribution in [1.82, 2.24) is 15.5 Å². The third kappa shape index (κ3) is 6.60. The Bertz CT molecular complexity index is 286. The van der Waals surface area contributed by atoms with Gasteiger partial charge >= 0.3 is 0 Å². The van der Waals surface area contributed by atoms with Crippen LogP contribution >= 0.6 is 0 Å². The molecule has 4 nitrogen and oxygen atoms in total. The fourth-order valence-corrected chi connectivity index (χ4v) is 2.43. The molecule has 20 heavy (non-hydrogen) atoms. The van der Waals surface area contributed by atoms with Crippen LogP contribution in [0.2, 0.25) is 0 Å².